The number of hydrogen-bond acceptors (Lipinski definition) is 7. The summed E-state index contributed by atoms with van der Waals surface area (Å²) in [6.45, 7) is 8.60. The Morgan fingerprint density at radius 2 is 1.36 bits per heavy atom. The van der Waals surface area contributed by atoms with Gasteiger partial charge in [0.05, 0.1) is 19.5 Å². The molecule has 0 bridgehead atoms. The highest BCUT2D eigenvalue weighted by molar-refractivity contribution is 5.98. The fraction of sp³-hybridized carbons (Fsp3) is 0.806. The second-order valence-corrected chi connectivity index (χ2v) is 14.8. The molecule has 14 nitrogen and oxygen atoms in total. The first-order chi connectivity index (χ1) is 25.0. The van der Waals surface area contributed by atoms with E-state index >= 15 is 0 Å². The molecule has 2 N–H and O–H groups in total. The lowest BCUT2D eigenvalue weighted by atomic mass is 9.90. The third-order valence-electron chi connectivity index (χ3n) is 10.5. The number of nitrogens with one attached hydrogen (secondary N) is 2. The Kier molecular flexibility index (Phi) is 15.9. The molecule has 0 radical (unpaired) electrons. The van der Waals surface area contributed by atoms with Crippen LogP contribution in [0.1, 0.15) is 98.3 Å². The number of nitrogens with zero attached hydrogens (tertiary/aromatic N) is 5. The number of amides is 7. The quantitative estimate of drug-likeness (QED) is 0.230. The molecule has 7 amide bonds. The lowest BCUT2D eigenvalue weighted by molar-refractivity contribution is -0.192. The summed E-state index contributed by atoms with van der Waals surface area (Å²) in [6.07, 6.45) is -0.774. The van der Waals surface area contributed by atoms with E-state index in [2.05, 4.69) is 10.6 Å². The van der Waals surface area contributed by atoms with E-state index in [0.29, 0.717) is 56.8 Å². The van der Waals surface area contributed by atoms with Gasteiger partial charge in [0.2, 0.25) is 35.4 Å². The molecule has 2 atom stereocenters. The standard InChI is InChI=1S/C36H58F3N7O7/c1-6-16-45(24-27(47)40-23-29(49)43-18-10-11-19-43)28(48)22-26(32(51)44-20-12-13-21-44)41-31(50)30(25(3)4)46(17-7-2)33(52)35(14-8-9-15-35)42(5)34(53)36(37,38)39/h25-26,30H,6-24H2,1-5H3,(H,40,47)(H,41,50)/t26-,30?/m0/s1. The van der Waals surface area contributed by atoms with E-state index in [1.807, 2.05) is 6.92 Å². The molecule has 3 aliphatic rings. The number of carbonyl (C=O) groups is 7. The van der Waals surface area contributed by atoms with Gasteiger partial charge in [-0.3, -0.25) is 33.6 Å². The van der Waals surface area contributed by atoms with Gasteiger partial charge in [-0.2, -0.15) is 13.2 Å². The average molecular weight is 758 g/mol. The van der Waals surface area contributed by atoms with Crippen LogP contribution in [0.5, 0.6) is 0 Å². The van der Waals surface area contributed by atoms with Crippen LogP contribution in [-0.2, 0) is 33.6 Å². The van der Waals surface area contributed by atoms with E-state index in [4.69, 9.17) is 0 Å². The SMILES string of the molecule is CCCN(CC(=O)NCC(=O)N1CCCC1)C(=O)C[C@H](NC(=O)C(C(C)C)N(CCC)C(=O)C1(N(C)C(=O)C(F)(F)F)CCCC1)C(=O)N1CCCC1. The molecule has 17 heteroatoms. The van der Waals surface area contributed by atoms with E-state index in [1.54, 1.807) is 30.6 Å². The maximum atomic E-state index is 14.4. The molecule has 2 saturated heterocycles. The first-order valence-electron chi connectivity index (χ1n) is 19.1. The number of hydrogen-bond donors (Lipinski definition) is 2. The smallest absolute Gasteiger partial charge is 0.345 e. The number of halogens is 3. The summed E-state index contributed by atoms with van der Waals surface area (Å²) in [5, 5.41) is 5.29. The van der Waals surface area contributed by atoms with Crippen molar-refractivity contribution < 1.29 is 46.7 Å². The predicted molar refractivity (Wildman–Crippen MR) is 189 cm³/mol. The summed E-state index contributed by atoms with van der Waals surface area (Å²) in [6, 6.07) is -2.61. The molecule has 2 heterocycles. The Labute approximate surface area is 310 Å². The lowest BCUT2D eigenvalue weighted by Gasteiger charge is -2.44. The van der Waals surface area contributed by atoms with Crippen LogP contribution in [-0.4, -0.2) is 149 Å². The van der Waals surface area contributed by atoms with Crippen LogP contribution < -0.4 is 10.6 Å². The van der Waals surface area contributed by atoms with Crippen molar-refractivity contribution in [1.29, 1.82) is 0 Å². The van der Waals surface area contributed by atoms with Gasteiger partial charge in [0, 0.05) is 46.3 Å². The maximum Gasteiger partial charge on any atom is 0.471 e. The molecule has 1 saturated carbocycles. The number of likely N-dealkylation sites (N-methyl/N-ethyl adjacent to an activating group) is 1. The Bertz CT molecular complexity index is 1330. The number of carbonyl (C=O) groups excluding carboxylic acids is 7. The van der Waals surface area contributed by atoms with Crippen molar-refractivity contribution in [1.82, 2.24) is 35.1 Å². The van der Waals surface area contributed by atoms with Gasteiger partial charge in [-0.15, -0.1) is 0 Å². The highest BCUT2D eigenvalue weighted by Crippen LogP contribution is 2.39. The van der Waals surface area contributed by atoms with Gasteiger partial charge < -0.3 is 35.1 Å². The number of likely N-dealkylation sites (tertiary alicyclic amines) is 2. The minimum atomic E-state index is -5.21. The molecule has 0 spiro atoms. The zero-order chi connectivity index (χ0) is 39.5. The zero-order valence-corrected chi connectivity index (χ0v) is 31.9. The summed E-state index contributed by atoms with van der Waals surface area (Å²) in [5.41, 5.74) is -1.81. The monoisotopic (exact) mass is 757 g/mol. The molecule has 3 fully saturated rings. The van der Waals surface area contributed by atoms with Crippen molar-refractivity contribution in [3.05, 3.63) is 0 Å². The zero-order valence-electron chi connectivity index (χ0n) is 31.9. The third kappa shape index (κ3) is 11.1. The molecule has 0 aromatic rings. The van der Waals surface area contributed by atoms with Crippen molar-refractivity contribution >= 4 is 41.4 Å². The topological polar surface area (TPSA) is 160 Å². The maximum absolute atomic E-state index is 14.4. The fourth-order valence-corrected chi connectivity index (χ4v) is 7.68. The van der Waals surface area contributed by atoms with Crippen molar-refractivity contribution in [2.45, 2.75) is 122 Å². The van der Waals surface area contributed by atoms with E-state index in [1.165, 1.54) is 9.80 Å². The molecule has 300 valence electrons. The van der Waals surface area contributed by atoms with Crippen LogP contribution >= 0.6 is 0 Å². The highest BCUT2D eigenvalue weighted by atomic mass is 19.4. The average Bonchev–Trinajstić information content (AvgIpc) is 3.92. The Balaban J connectivity index is 1.86. The van der Waals surface area contributed by atoms with Gasteiger partial charge in [-0.05, 0) is 57.3 Å². The predicted octanol–water partition coefficient (Wildman–Crippen LogP) is 2.06. The second kappa shape index (κ2) is 19.4. The van der Waals surface area contributed by atoms with Crippen LogP contribution in [0.2, 0.25) is 0 Å². The fourth-order valence-electron chi connectivity index (χ4n) is 7.68. The molecule has 1 aliphatic carbocycles. The van der Waals surface area contributed by atoms with E-state index in [9.17, 15) is 46.7 Å². The molecule has 0 aromatic carbocycles. The number of alkyl halides is 3. The van der Waals surface area contributed by atoms with Gasteiger partial charge in [0.15, 0.2) is 0 Å². The minimum absolute atomic E-state index is 0.00533. The van der Waals surface area contributed by atoms with Gasteiger partial charge in [-0.1, -0.05) is 40.5 Å². The molecule has 53 heavy (non-hydrogen) atoms. The second-order valence-electron chi connectivity index (χ2n) is 14.8. The molecule has 2 aliphatic heterocycles. The first-order valence-corrected chi connectivity index (χ1v) is 19.1. The van der Waals surface area contributed by atoms with Crippen LogP contribution in [0, 0.1) is 5.92 Å². The van der Waals surface area contributed by atoms with E-state index < -0.39 is 71.6 Å². The van der Waals surface area contributed by atoms with Gasteiger partial charge in [0.1, 0.15) is 17.6 Å². The first kappa shape index (κ1) is 43.5. The molecule has 3 rings (SSSR count). The van der Waals surface area contributed by atoms with Crippen molar-refractivity contribution in [2.75, 3.05) is 59.4 Å². The van der Waals surface area contributed by atoms with Crippen LogP contribution in [0.15, 0.2) is 0 Å². The summed E-state index contributed by atoms with van der Waals surface area (Å²) in [5.74, 6) is -6.09. The molecular formula is C36H58F3N7O7. The Morgan fingerprint density at radius 1 is 0.811 bits per heavy atom. The van der Waals surface area contributed by atoms with Gasteiger partial charge in [0.25, 0.3) is 0 Å². The summed E-state index contributed by atoms with van der Waals surface area (Å²) in [7, 11) is 0.970. The van der Waals surface area contributed by atoms with Crippen LogP contribution in [0.3, 0.4) is 0 Å². The van der Waals surface area contributed by atoms with Crippen molar-refractivity contribution in [3.8, 4) is 0 Å². The largest absolute Gasteiger partial charge is 0.471 e. The molecular weight excluding hydrogens is 699 g/mol. The Hall–Kier alpha value is -3.92. The third-order valence-corrected chi connectivity index (χ3v) is 10.5. The molecule has 1 unspecified atom stereocenters. The van der Waals surface area contributed by atoms with Gasteiger partial charge >= 0.3 is 12.1 Å². The normalized spacial score (nSPS) is 18.1. The van der Waals surface area contributed by atoms with Crippen molar-refractivity contribution in [3.63, 3.8) is 0 Å². The van der Waals surface area contributed by atoms with E-state index in [-0.39, 0.29) is 44.9 Å². The van der Waals surface area contributed by atoms with Crippen LogP contribution in [0.25, 0.3) is 0 Å². The number of rotatable bonds is 17. The molecule has 0 aromatic heterocycles. The lowest BCUT2D eigenvalue weighted by Crippen LogP contribution is -2.65. The summed E-state index contributed by atoms with van der Waals surface area (Å²) < 4.78 is 40.9. The summed E-state index contributed by atoms with van der Waals surface area (Å²) in [4.78, 5) is 100. The van der Waals surface area contributed by atoms with E-state index in [0.717, 1.165) is 32.7 Å². The summed E-state index contributed by atoms with van der Waals surface area (Å²) >= 11 is 0. The van der Waals surface area contributed by atoms with Crippen molar-refractivity contribution in [2.24, 2.45) is 5.92 Å². The highest BCUT2D eigenvalue weighted by Gasteiger charge is 2.55. The van der Waals surface area contributed by atoms with Gasteiger partial charge in [-0.25, -0.2) is 0 Å². The Morgan fingerprint density at radius 3 is 1.87 bits per heavy atom. The van der Waals surface area contributed by atoms with Crippen LogP contribution in [0.4, 0.5) is 13.2 Å². The minimum Gasteiger partial charge on any atom is -0.345 e.